The van der Waals surface area contributed by atoms with Crippen molar-refractivity contribution in [1.82, 2.24) is 9.88 Å². The monoisotopic (exact) mass is 272 g/mol. The maximum absolute atomic E-state index is 5.77. The van der Waals surface area contributed by atoms with Gasteiger partial charge in [0.1, 0.15) is 5.52 Å². The van der Waals surface area contributed by atoms with E-state index in [-0.39, 0.29) is 0 Å². The van der Waals surface area contributed by atoms with Gasteiger partial charge in [-0.25, -0.2) is 4.98 Å². The van der Waals surface area contributed by atoms with Gasteiger partial charge in [0, 0.05) is 12.5 Å². The lowest BCUT2D eigenvalue weighted by Crippen LogP contribution is -2.31. The van der Waals surface area contributed by atoms with Crippen molar-refractivity contribution in [1.29, 1.82) is 0 Å². The number of likely N-dealkylation sites (tertiary alicyclic amines) is 1. The first-order chi connectivity index (χ1) is 9.78. The van der Waals surface area contributed by atoms with E-state index in [0.717, 1.165) is 48.3 Å². The summed E-state index contributed by atoms with van der Waals surface area (Å²) in [7, 11) is 0. The van der Waals surface area contributed by atoms with Crippen LogP contribution in [-0.2, 0) is 6.42 Å². The molecule has 2 aromatic rings. The molecule has 0 spiro atoms. The number of nitrogens with zero attached hydrogens (tertiary/aromatic N) is 2. The topological polar surface area (TPSA) is 29.3 Å². The maximum atomic E-state index is 5.77. The van der Waals surface area contributed by atoms with Crippen molar-refractivity contribution in [3.05, 3.63) is 30.2 Å². The predicted octanol–water partition coefficient (Wildman–Crippen LogP) is 3.88. The van der Waals surface area contributed by atoms with Crippen LogP contribution in [0.15, 0.2) is 28.7 Å². The van der Waals surface area contributed by atoms with Gasteiger partial charge in [-0.2, -0.15) is 0 Å². The van der Waals surface area contributed by atoms with E-state index in [4.69, 9.17) is 4.42 Å². The summed E-state index contributed by atoms with van der Waals surface area (Å²) in [5.74, 6) is 1.77. The number of aryl methyl sites for hydroxylation is 1. The number of aromatic nitrogens is 1. The molecule has 1 aliphatic rings. The molecule has 1 aliphatic heterocycles. The van der Waals surface area contributed by atoms with Crippen molar-refractivity contribution >= 4 is 11.1 Å². The minimum Gasteiger partial charge on any atom is -0.441 e. The van der Waals surface area contributed by atoms with Crippen LogP contribution in [0.3, 0.4) is 0 Å². The number of hydrogen-bond acceptors (Lipinski definition) is 3. The second kappa shape index (κ2) is 5.96. The van der Waals surface area contributed by atoms with Crippen LogP contribution >= 0.6 is 0 Å². The van der Waals surface area contributed by atoms with Crippen molar-refractivity contribution in [2.45, 2.75) is 45.6 Å². The Labute approximate surface area is 121 Å². The quantitative estimate of drug-likeness (QED) is 0.827. The molecule has 20 heavy (non-hydrogen) atoms. The zero-order valence-electron chi connectivity index (χ0n) is 12.5. The summed E-state index contributed by atoms with van der Waals surface area (Å²) in [6, 6.07) is 8.74. The van der Waals surface area contributed by atoms with Crippen LogP contribution in [0.25, 0.3) is 11.1 Å². The SMILES string of the molecule is CC[C@H]1CCN(CCCc2nc3ccccc3o2)[C@@H]1C. The molecule has 0 N–H and O–H groups in total. The highest BCUT2D eigenvalue weighted by molar-refractivity contribution is 5.72. The highest BCUT2D eigenvalue weighted by Crippen LogP contribution is 2.26. The molecule has 0 saturated carbocycles. The number of hydrogen-bond donors (Lipinski definition) is 0. The molecule has 0 unspecified atom stereocenters. The third-order valence-electron chi connectivity index (χ3n) is 4.74. The normalized spacial score (nSPS) is 23.7. The Bertz CT molecular complexity index is 530. The molecule has 2 heterocycles. The minimum absolute atomic E-state index is 0.739. The van der Waals surface area contributed by atoms with E-state index in [0.29, 0.717) is 0 Å². The van der Waals surface area contributed by atoms with E-state index in [1.165, 1.54) is 19.4 Å². The summed E-state index contributed by atoms with van der Waals surface area (Å²) in [4.78, 5) is 7.16. The van der Waals surface area contributed by atoms with E-state index in [9.17, 15) is 0 Å². The molecule has 3 heteroatoms. The van der Waals surface area contributed by atoms with Crippen molar-refractivity contribution in [2.75, 3.05) is 13.1 Å². The summed E-state index contributed by atoms with van der Waals surface area (Å²) in [6.07, 6.45) is 4.74. The zero-order valence-corrected chi connectivity index (χ0v) is 12.5. The van der Waals surface area contributed by atoms with Gasteiger partial charge >= 0.3 is 0 Å². The van der Waals surface area contributed by atoms with Gasteiger partial charge in [0.05, 0.1) is 0 Å². The van der Waals surface area contributed by atoms with Gasteiger partial charge < -0.3 is 9.32 Å². The van der Waals surface area contributed by atoms with Crippen LogP contribution in [0.4, 0.5) is 0 Å². The van der Waals surface area contributed by atoms with Crippen molar-refractivity contribution in [3.63, 3.8) is 0 Å². The van der Waals surface area contributed by atoms with Crippen LogP contribution < -0.4 is 0 Å². The van der Waals surface area contributed by atoms with Crippen molar-refractivity contribution in [3.8, 4) is 0 Å². The van der Waals surface area contributed by atoms with Crippen molar-refractivity contribution in [2.24, 2.45) is 5.92 Å². The zero-order chi connectivity index (χ0) is 13.9. The number of benzene rings is 1. The summed E-state index contributed by atoms with van der Waals surface area (Å²) in [6.45, 7) is 7.10. The third-order valence-corrected chi connectivity index (χ3v) is 4.74. The van der Waals surface area contributed by atoms with Gasteiger partial charge in [-0.05, 0) is 50.9 Å². The maximum Gasteiger partial charge on any atom is 0.195 e. The first-order valence-corrected chi connectivity index (χ1v) is 7.86. The highest BCUT2D eigenvalue weighted by atomic mass is 16.3. The Morgan fingerprint density at radius 1 is 1.35 bits per heavy atom. The molecule has 1 aromatic carbocycles. The molecular weight excluding hydrogens is 248 g/mol. The fraction of sp³-hybridized carbons (Fsp3) is 0.588. The summed E-state index contributed by atoms with van der Waals surface area (Å²) in [5.41, 5.74) is 1.88. The molecule has 1 fully saturated rings. The first kappa shape index (κ1) is 13.6. The van der Waals surface area contributed by atoms with E-state index >= 15 is 0 Å². The number of rotatable bonds is 5. The Kier molecular flexibility index (Phi) is 4.06. The summed E-state index contributed by atoms with van der Waals surface area (Å²) < 4.78 is 5.77. The fourth-order valence-corrected chi connectivity index (χ4v) is 3.40. The first-order valence-electron chi connectivity index (χ1n) is 7.86. The molecule has 3 nitrogen and oxygen atoms in total. The largest absolute Gasteiger partial charge is 0.441 e. The van der Waals surface area contributed by atoms with E-state index < -0.39 is 0 Å². The van der Waals surface area contributed by atoms with Gasteiger partial charge in [-0.15, -0.1) is 0 Å². The standard InChI is InChI=1S/C17H24N2O/c1-3-14-10-12-19(13(14)2)11-6-9-17-18-15-7-4-5-8-16(15)20-17/h4-5,7-8,13-14H,3,6,9-12H2,1-2H3/t13-,14+/m1/s1. The van der Waals surface area contributed by atoms with Crippen LogP contribution in [0.2, 0.25) is 0 Å². The molecule has 2 atom stereocenters. The average molecular weight is 272 g/mol. The van der Waals surface area contributed by atoms with Crippen LogP contribution in [-0.4, -0.2) is 29.0 Å². The molecule has 0 aliphatic carbocycles. The number of para-hydroxylation sites is 2. The second-order valence-electron chi connectivity index (χ2n) is 5.91. The Hall–Kier alpha value is -1.35. The number of oxazole rings is 1. The summed E-state index contributed by atoms with van der Waals surface area (Å²) >= 11 is 0. The lowest BCUT2D eigenvalue weighted by atomic mass is 9.99. The average Bonchev–Trinajstić information content (AvgIpc) is 3.02. The molecule has 3 rings (SSSR count). The van der Waals surface area contributed by atoms with E-state index in [2.05, 4.69) is 23.7 Å². The van der Waals surface area contributed by atoms with Crippen LogP contribution in [0, 0.1) is 5.92 Å². The second-order valence-corrected chi connectivity index (χ2v) is 5.91. The fourth-order valence-electron chi connectivity index (χ4n) is 3.40. The van der Waals surface area contributed by atoms with Gasteiger partial charge in [0.15, 0.2) is 11.5 Å². The van der Waals surface area contributed by atoms with Gasteiger partial charge in [0.25, 0.3) is 0 Å². The number of fused-ring (bicyclic) bond motifs is 1. The minimum atomic E-state index is 0.739. The van der Waals surface area contributed by atoms with Gasteiger partial charge in [-0.1, -0.05) is 25.5 Å². The highest BCUT2D eigenvalue weighted by Gasteiger charge is 2.28. The van der Waals surface area contributed by atoms with Gasteiger partial charge in [0.2, 0.25) is 0 Å². The van der Waals surface area contributed by atoms with Crippen molar-refractivity contribution < 1.29 is 4.42 Å². The summed E-state index contributed by atoms with van der Waals surface area (Å²) in [5, 5.41) is 0. The Morgan fingerprint density at radius 2 is 2.20 bits per heavy atom. The third kappa shape index (κ3) is 2.73. The molecule has 1 saturated heterocycles. The van der Waals surface area contributed by atoms with E-state index in [1.807, 2.05) is 24.3 Å². The van der Waals surface area contributed by atoms with E-state index in [1.54, 1.807) is 0 Å². The molecule has 0 bridgehead atoms. The van der Waals surface area contributed by atoms with Crippen LogP contribution in [0.5, 0.6) is 0 Å². The Balaban J connectivity index is 1.52. The van der Waals surface area contributed by atoms with Gasteiger partial charge in [-0.3, -0.25) is 0 Å². The molecule has 0 amide bonds. The molecule has 0 radical (unpaired) electrons. The smallest absolute Gasteiger partial charge is 0.195 e. The van der Waals surface area contributed by atoms with Crippen LogP contribution in [0.1, 0.15) is 39.0 Å². The predicted molar refractivity (Wildman–Crippen MR) is 81.8 cm³/mol. The Morgan fingerprint density at radius 3 is 2.95 bits per heavy atom. The molecule has 108 valence electrons. The lowest BCUT2D eigenvalue weighted by Gasteiger charge is -2.23. The lowest BCUT2D eigenvalue weighted by molar-refractivity contribution is 0.235. The molecule has 1 aromatic heterocycles. The molecular formula is C17H24N2O.